The molecule has 1 aliphatic carbocycles. The maximum Gasteiger partial charge on any atom is 0.335 e. The summed E-state index contributed by atoms with van der Waals surface area (Å²) in [5.74, 6) is 1.67. The first kappa shape index (κ1) is 23.8. The molecule has 0 aromatic heterocycles. The highest BCUT2D eigenvalue weighted by molar-refractivity contribution is 5.79. The van der Waals surface area contributed by atoms with Gasteiger partial charge < -0.3 is 18.9 Å². The molecule has 3 aromatic rings. The highest BCUT2D eigenvalue weighted by atomic mass is 16.6. The van der Waals surface area contributed by atoms with Crippen LogP contribution >= 0.6 is 0 Å². The first-order chi connectivity index (χ1) is 16.6. The Morgan fingerprint density at radius 1 is 0.882 bits per heavy atom. The number of benzene rings is 3. The zero-order valence-corrected chi connectivity index (χ0v) is 20.1. The van der Waals surface area contributed by atoms with E-state index >= 15 is 0 Å². The first-order valence-electron chi connectivity index (χ1n) is 11.9. The molecule has 0 heterocycles. The monoisotopic (exact) mass is 460 g/mol. The summed E-state index contributed by atoms with van der Waals surface area (Å²) >= 11 is 0. The lowest BCUT2D eigenvalue weighted by Crippen LogP contribution is -2.28. The fourth-order valence-electron chi connectivity index (χ4n) is 4.60. The Morgan fingerprint density at radius 3 is 2.35 bits per heavy atom. The summed E-state index contributed by atoms with van der Waals surface area (Å²) in [6.07, 6.45) is 0.775. The number of ether oxygens (including phenoxy) is 4. The third kappa shape index (κ3) is 5.26. The lowest BCUT2D eigenvalue weighted by atomic mass is 9.94. The van der Waals surface area contributed by atoms with Crippen molar-refractivity contribution in [3.8, 4) is 22.6 Å². The van der Waals surface area contributed by atoms with Crippen molar-refractivity contribution in [1.29, 1.82) is 0 Å². The van der Waals surface area contributed by atoms with Gasteiger partial charge in [0, 0.05) is 18.9 Å². The van der Waals surface area contributed by atoms with Gasteiger partial charge >= 0.3 is 5.97 Å². The molecule has 1 aliphatic rings. The molecular formula is C29H32O5. The van der Waals surface area contributed by atoms with Crippen molar-refractivity contribution in [3.63, 3.8) is 0 Å². The second-order valence-corrected chi connectivity index (χ2v) is 8.27. The zero-order valence-electron chi connectivity index (χ0n) is 20.1. The standard InChI is InChI=1S/C29H32O5/c1-4-32-28(29(30)33-5-2)18-20-10-12-21(13-11-20)34-17-16-26-23-8-6-7-9-24(23)27-19-22(31-3)14-15-25(26)27/h6-15,19,26,28H,4-5,16-18H2,1-3H3. The first-order valence-corrected chi connectivity index (χ1v) is 11.9. The molecule has 0 saturated heterocycles. The Labute approximate surface area is 201 Å². The van der Waals surface area contributed by atoms with Gasteiger partial charge in [0.25, 0.3) is 0 Å². The van der Waals surface area contributed by atoms with Crippen molar-refractivity contribution in [2.24, 2.45) is 0 Å². The van der Waals surface area contributed by atoms with E-state index in [0.717, 1.165) is 23.5 Å². The van der Waals surface area contributed by atoms with Gasteiger partial charge in [0.1, 0.15) is 11.5 Å². The van der Waals surface area contributed by atoms with Crippen molar-refractivity contribution in [2.75, 3.05) is 26.9 Å². The molecule has 0 bridgehead atoms. The van der Waals surface area contributed by atoms with E-state index in [1.807, 2.05) is 37.3 Å². The van der Waals surface area contributed by atoms with Crippen LogP contribution in [0.4, 0.5) is 0 Å². The van der Waals surface area contributed by atoms with Gasteiger partial charge in [-0.05, 0) is 72.4 Å². The van der Waals surface area contributed by atoms with Crippen LogP contribution in [-0.2, 0) is 20.7 Å². The van der Waals surface area contributed by atoms with Gasteiger partial charge in [0.05, 0.1) is 20.3 Å². The minimum atomic E-state index is -0.585. The Kier molecular flexibility index (Phi) is 7.86. The molecule has 0 N–H and O–H groups in total. The smallest absolute Gasteiger partial charge is 0.335 e. The van der Waals surface area contributed by atoms with Crippen LogP contribution in [0.5, 0.6) is 11.5 Å². The van der Waals surface area contributed by atoms with E-state index in [1.54, 1.807) is 14.0 Å². The van der Waals surface area contributed by atoms with Crippen LogP contribution in [0.1, 0.15) is 42.9 Å². The van der Waals surface area contributed by atoms with Gasteiger partial charge in [0.2, 0.25) is 0 Å². The number of hydrogen-bond donors (Lipinski definition) is 0. The van der Waals surface area contributed by atoms with E-state index in [1.165, 1.54) is 22.3 Å². The van der Waals surface area contributed by atoms with Crippen LogP contribution in [0.15, 0.2) is 66.7 Å². The van der Waals surface area contributed by atoms with Crippen LogP contribution in [0.2, 0.25) is 0 Å². The lowest BCUT2D eigenvalue weighted by Gasteiger charge is -2.16. The number of esters is 1. The summed E-state index contributed by atoms with van der Waals surface area (Å²) in [6.45, 7) is 5.09. The van der Waals surface area contributed by atoms with Crippen LogP contribution in [-0.4, -0.2) is 39.0 Å². The minimum Gasteiger partial charge on any atom is -0.497 e. The minimum absolute atomic E-state index is 0.299. The van der Waals surface area contributed by atoms with Crippen molar-refractivity contribution in [3.05, 3.63) is 83.4 Å². The number of carbonyl (C=O) groups is 1. The zero-order chi connectivity index (χ0) is 23.9. The number of rotatable bonds is 11. The van der Waals surface area contributed by atoms with Crippen molar-refractivity contribution < 1.29 is 23.7 Å². The molecule has 3 aromatic carbocycles. The summed E-state index contributed by atoms with van der Waals surface area (Å²) in [5.41, 5.74) is 6.19. The van der Waals surface area contributed by atoms with E-state index in [9.17, 15) is 4.79 Å². The van der Waals surface area contributed by atoms with Crippen molar-refractivity contribution >= 4 is 5.97 Å². The summed E-state index contributed by atoms with van der Waals surface area (Å²) in [5, 5.41) is 0. The average molecular weight is 461 g/mol. The molecular weight excluding hydrogens is 428 g/mol. The largest absolute Gasteiger partial charge is 0.497 e. The number of methoxy groups -OCH3 is 1. The lowest BCUT2D eigenvalue weighted by molar-refractivity contribution is -0.156. The Bertz CT molecular complexity index is 1110. The van der Waals surface area contributed by atoms with E-state index in [0.29, 0.717) is 32.2 Å². The van der Waals surface area contributed by atoms with Crippen LogP contribution in [0.25, 0.3) is 11.1 Å². The predicted octanol–water partition coefficient (Wildman–Crippen LogP) is 5.79. The van der Waals surface area contributed by atoms with Gasteiger partial charge in [-0.1, -0.05) is 42.5 Å². The van der Waals surface area contributed by atoms with E-state index in [4.69, 9.17) is 18.9 Å². The van der Waals surface area contributed by atoms with Gasteiger partial charge in [-0.15, -0.1) is 0 Å². The number of fused-ring (bicyclic) bond motifs is 3. The highest BCUT2D eigenvalue weighted by Crippen LogP contribution is 2.47. The van der Waals surface area contributed by atoms with Gasteiger partial charge in [-0.25, -0.2) is 4.79 Å². The van der Waals surface area contributed by atoms with E-state index < -0.39 is 6.10 Å². The number of carbonyl (C=O) groups excluding carboxylic acids is 1. The Hall–Kier alpha value is -3.31. The maximum atomic E-state index is 12.1. The molecule has 5 nitrogen and oxygen atoms in total. The van der Waals surface area contributed by atoms with E-state index in [-0.39, 0.29) is 5.97 Å². The summed E-state index contributed by atoms with van der Waals surface area (Å²) < 4.78 is 22.2. The van der Waals surface area contributed by atoms with Crippen molar-refractivity contribution in [1.82, 2.24) is 0 Å². The molecule has 0 fully saturated rings. The van der Waals surface area contributed by atoms with Crippen molar-refractivity contribution in [2.45, 2.75) is 38.7 Å². The molecule has 0 radical (unpaired) electrons. The predicted molar refractivity (Wildman–Crippen MR) is 133 cm³/mol. The molecule has 2 unspecified atom stereocenters. The normalized spacial score (nSPS) is 14.7. The quantitative estimate of drug-likeness (QED) is 0.339. The highest BCUT2D eigenvalue weighted by Gasteiger charge is 2.28. The Balaban J connectivity index is 1.38. The molecule has 0 amide bonds. The van der Waals surface area contributed by atoms with E-state index in [2.05, 4.69) is 36.4 Å². The summed E-state index contributed by atoms with van der Waals surface area (Å²) in [6, 6.07) is 22.8. The molecule has 178 valence electrons. The third-order valence-electron chi connectivity index (χ3n) is 6.20. The van der Waals surface area contributed by atoms with Gasteiger partial charge in [-0.3, -0.25) is 0 Å². The topological polar surface area (TPSA) is 54.0 Å². The molecule has 4 rings (SSSR count). The third-order valence-corrected chi connectivity index (χ3v) is 6.20. The number of hydrogen-bond acceptors (Lipinski definition) is 5. The molecule has 0 spiro atoms. The van der Waals surface area contributed by atoms with Gasteiger partial charge in [-0.2, -0.15) is 0 Å². The van der Waals surface area contributed by atoms with Crippen LogP contribution < -0.4 is 9.47 Å². The summed E-state index contributed by atoms with van der Waals surface area (Å²) in [4.78, 5) is 12.1. The van der Waals surface area contributed by atoms with Crippen LogP contribution in [0.3, 0.4) is 0 Å². The molecule has 34 heavy (non-hydrogen) atoms. The molecule has 0 saturated carbocycles. The fourth-order valence-corrected chi connectivity index (χ4v) is 4.60. The second-order valence-electron chi connectivity index (χ2n) is 8.27. The van der Waals surface area contributed by atoms with Gasteiger partial charge in [0.15, 0.2) is 6.10 Å². The maximum absolute atomic E-state index is 12.1. The molecule has 2 atom stereocenters. The molecule has 5 heteroatoms. The summed E-state index contributed by atoms with van der Waals surface area (Å²) in [7, 11) is 1.70. The second kappa shape index (κ2) is 11.2. The fraction of sp³-hybridized carbons (Fsp3) is 0.345. The average Bonchev–Trinajstić information content (AvgIpc) is 3.18. The molecule has 0 aliphatic heterocycles. The van der Waals surface area contributed by atoms with Crippen LogP contribution in [0, 0.1) is 0 Å². The Morgan fingerprint density at radius 2 is 1.62 bits per heavy atom. The SMILES string of the molecule is CCOC(=O)C(Cc1ccc(OCCC2c3ccccc3-c3cc(OC)ccc32)cc1)OCC.